The minimum absolute atomic E-state index is 0.0211. The molecule has 0 saturated carbocycles. The average Bonchev–Trinajstić information content (AvgIpc) is 3.43. The Hall–Kier alpha value is -2.25. The zero-order valence-corrected chi connectivity index (χ0v) is 20.7. The molecule has 0 radical (unpaired) electrons. The van der Waals surface area contributed by atoms with Crippen molar-refractivity contribution in [1.29, 1.82) is 0 Å². The van der Waals surface area contributed by atoms with Gasteiger partial charge in [0.05, 0.1) is 18.5 Å². The van der Waals surface area contributed by atoms with Gasteiger partial charge in [-0.1, -0.05) is 26.0 Å². The first kappa shape index (κ1) is 24.4. The molecule has 8 heteroatoms. The Bertz CT molecular complexity index is 930. The molecule has 1 aromatic carbocycles. The maximum absolute atomic E-state index is 13.5. The molecule has 0 N–H and O–H groups in total. The molecule has 1 aliphatic rings. The fourth-order valence-corrected chi connectivity index (χ4v) is 4.32. The Morgan fingerprint density at radius 3 is 2.53 bits per heavy atom. The zero-order chi connectivity index (χ0) is 23.3. The summed E-state index contributed by atoms with van der Waals surface area (Å²) >= 11 is 7.66. The number of hydrogen-bond donors (Lipinski definition) is 0. The Morgan fingerprint density at radius 2 is 1.88 bits per heavy atom. The van der Waals surface area contributed by atoms with Gasteiger partial charge in [0.25, 0.3) is 0 Å². The number of carbonyl (C=O) groups is 2. The third-order valence-corrected chi connectivity index (χ3v) is 6.73. The fraction of sp³-hybridized carbons (Fsp3) is 0.500. The summed E-state index contributed by atoms with van der Waals surface area (Å²) in [5.74, 6) is 1.63. The second-order valence-corrected chi connectivity index (χ2v) is 10.4. The highest BCUT2D eigenvalue weighted by atomic mass is 35.5. The molecule has 3 rings (SSSR count). The van der Waals surface area contributed by atoms with E-state index in [-0.39, 0.29) is 36.9 Å². The van der Waals surface area contributed by atoms with Crippen LogP contribution in [0.4, 0.5) is 0 Å². The van der Waals surface area contributed by atoms with Crippen molar-refractivity contribution in [3.05, 3.63) is 46.2 Å². The normalized spacial score (nSPS) is 12.8. The van der Waals surface area contributed by atoms with Crippen LogP contribution in [0.2, 0.25) is 0 Å². The van der Waals surface area contributed by atoms with E-state index in [1.165, 1.54) is 0 Å². The Kier molecular flexibility index (Phi) is 8.06. The Morgan fingerprint density at radius 1 is 1.12 bits per heavy atom. The SMILES string of the molecule is CC(C)CN(CC(=O)N(Cc1ccc2c(c1)OCO2)Cc1cccs1)C(=O)C(C)(C)CCl. The fourth-order valence-electron chi connectivity index (χ4n) is 3.49. The molecule has 0 aliphatic carbocycles. The number of halogens is 1. The lowest BCUT2D eigenvalue weighted by atomic mass is 9.93. The van der Waals surface area contributed by atoms with Gasteiger partial charge in [0.2, 0.25) is 18.6 Å². The smallest absolute Gasteiger partial charge is 0.242 e. The first-order valence-corrected chi connectivity index (χ1v) is 12.1. The molecular weight excluding hydrogens is 448 g/mol. The number of nitrogens with zero attached hydrogens (tertiary/aromatic N) is 2. The summed E-state index contributed by atoms with van der Waals surface area (Å²) in [5.41, 5.74) is 0.217. The van der Waals surface area contributed by atoms with Crippen LogP contribution in [-0.4, -0.2) is 47.4 Å². The average molecular weight is 479 g/mol. The van der Waals surface area contributed by atoms with Crippen LogP contribution in [0.15, 0.2) is 35.7 Å². The summed E-state index contributed by atoms with van der Waals surface area (Å²) in [4.78, 5) is 31.1. The highest BCUT2D eigenvalue weighted by Gasteiger charge is 2.33. The molecule has 0 unspecified atom stereocenters. The highest BCUT2D eigenvalue weighted by molar-refractivity contribution is 7.09. The molecule has 0 bridgehead atoms. The lowest BCUT2D eigenvalue weighted by molar-refractivity contribution is -0.146. The zero-order valence-electron chi connectivity index (χ0n) is 19.1. The van der Waals surface area contributed by atoms with E-state index >= 15 is 0 Å². The molecule has 0 fully saturated rings. The number of alkyl halides is 1. The number of carbonyl (C=O) groups excluding carboxylic acids is 2. The Balaban J connectivity index is 1.80. The van der Waals surface area contributed by atoms with Crippen LogP contribution in [0.25, 0.3) is 0 Å². The van der Waals surface area contributed by atoms with Crippen molar-refractivity contribution in [2.75, 3.05) is 25.8 Å². The molecule has 1 aromatic heterocycles. The van der Waals surface area contributed by atoms with E-state index in [0.717, 1.165) is 10.4 Å². The molecule has 1 aliphatic heterocycles. The number of benzene rings is 1. The lowest BCUT2D eigenvalue weighted by Gasteiger charge is -2.33. The van der Waals surface area contributed by atoms with Gasteiger partial charge in [0, 0.05) is 23.8 Å². The van der Waals surface area contributed by atoms with Crippen molar-refractivity contribution in [3.63, 3.8) is 0 Å². The van der Waals surface area contributed by atoms with E-state index in [9.17, 15) is 9.59 Å². The maximum Gasteiger partial charge on any atom is 0.242 e. The van der Waals surface area contributed by atoms with Crippen molar-refractivity contribution in [1.82, 2.24) is 9.80 Å². The van der Waals surface area contributed by atoms with E-state index in [4.69, 9.17) is 21.1 Å². The molecule has 0 spiro atoms. The summed E-state index contributed by atoms with van der Waals surface area (Å²) in [6.07, 6.45) is 0. The van der Waals surface area contributed by atoms with Gasteiger partial charge in [0.15, 0.2) is 11.5 Å². The maximum atomic E-state index is 13.5. The van der Waals surface area contributed by atoms with E-state index in [1.807, 2.05) is 63.4 Å². The second kappa shape index (κ2) is 10.6. The Labute approximate surface area is 199 Å². The third kappa shape index (κ3) is 6.17. The number of thiophene rings is 1. The molecule has 2 heterocycles. The summed E-state index contributed by atoms with van der Waals surface area (Å²) in [6.45, 7) is 9.33. The van der Waals surface area contributed by atoms with Crippen molar-refractivity contribution >= 4 is 34.8 Å². The molecular formula is C24H31ClN2O4S. The largest absolute Gasteiger partial charge is 0.454 e. The van der Waals surface area contributed by atoms with Gasteiger partial charge in [-0.15, -0.1) is 22.9 Å². The number of rotatable bonds is 10. The van der Waals surface area contributed by atoms with Gasteiger partial charge in [-0.25, -0.2) is 0 Å². The molecule has 2 amide bonds. The quantitative estimate of drug-likeness (QED) is 0.462. The predicted octanol–water partition coefficient (Wildman–Crippen LogP) is 4.76. The van der Waals surface area contributed by atoms with Crippen LogP contribution in [0, 0.1) is 11.3 Å². The first-order valence-electron chi connectivity index (χ1n) is 10.7. The van der Waals surface area contributed by atoms with Gasteiger partial charge in [-0.05, 0) is 48.9 Å². The van der Waals surface area contributed by atoms with Gasteiger partial charge in [-0.3, -0.25) is 9.59 Å². The molecule has 174 valence electrons. The lowest BCUT2D eigenvalue weighted by Crippen LogP contribution is -2.48. The highest BCUT2D eigenvalue weighted by Crippen LogP contribution is 2.33. The van der Waals surface area contributed by atoms with Gasteiger partial charge >= 0.3 is 0 Å². The minimum atomic E-state index is -0.730. The third-order valence-electron chi connectivity index (χ3n) is 5.20. The van der Waals surface area contributed by atoms with Crippen LogP contribution < -0.4 is 9.47 Å². The standard InChI is InChI=1S/C24H31ClN2O4S/c1-17(2)11-27(23(29)24(3,4)15-25)14-22(28)26(13-19-6-5-9-32-19)12-18-7-8-20-21(10-18)31-16-30-20/h5-10,17H,11-16H2,1-4H3. The number of fused-ring (bicyclic) bond motifs is 1. The van der Waals surface area contributed by atoms with Crippen molar-refractivity contribution < 1.29 is 19.1 Å². The summed E-state index contributed by atoms with van der Waals surface area (Å²) < 4.78 is 10.9. The van der Waals surface area contributed by atoms with Gasteiger partial charge in [-0.2, -0.15) is 0 Å². The van der Waals surface area contributed by atoms with Crippen LogP contribution in [0.3, 0.4) is 0 Å². The van der Waals surface area contributed by atoms with E-state index in [2.05, 4.69) is 0 Å². The van der Waals surface area contributed by atoms with E-state index in [1.54, 1.807) is 21.1 Å². The van der Waals surface area contributed by atoms with Crippen molar-refractivity contribution in [3.8, 4) is 11.5 Å². The summed E-state index contributed by atoms with van der Waals surface area (Å²) in [5, 5.41) is 2.00. The predicted molar refractivity (Wildman–Crippen MR) is 127 cm³/mol. The molecule has 6 nitrogen and oxygen atoms in total. The topological polar surface area (TPSA) is 59.1 Å². The summed E-state index contributed by atoms with van der Waals surface area (Å²) in [6, 6.07) is 9.70. The molecule has 32 heavy (non-hydrogen) atoms. The van der Waals surface area contributed by atoms with Crippen LogP contribution in [0.1, 0.15) is 38.1 Å². The van der Waals surface area contributed by atoms with Crippen LogP contribution >= 0.6 is 22.9 Å². The number of ether oxygens (including phenoxy) is 2. The van der Waals surface area contributed by atoms with E-state index in [0.29, 0.717) is 31.1 Å². The molecule has 2 aromatic rings. The second-order valence-electron chi connectivity index (χ2n) is 9.11. The molecule has 0 saturated heterocycles. The van der Waals surface area contributed by atoms with Crippen molar-refractivity contribution in [2.45, 2.75) is 40.8 Å². The van der Waals surface area contributed by atoms with Gasteiger partial charge < -0.3 is 19.3 Å². The number of amides is 2. The van der Waals surface area contributed by atoms with Crippen molar-refractivity contribution in [2.24, 2.45) is 11.3 Å². The minimum Gasteiger partial charge on any atom is -0.454 e. The van der Waals surface area contributed by atoms with Crippen LogP contribution in [0.5, 0.6) is 11.5 Å². The first-order chi connectivity index (χ1) is 15.2. The number of hydrogen-bond acceptors (Lipinski definition) is 5. The summed E-state index contributed by atoms with van der Waals surface area (Å²) in [7, 11) is 0. The van der Waals surface area contributed by atoms with Gasteiger partial charge in [0.1, 0.15) is 0 Å². The van der Waals surface area contributed by atoms with Crippen LogP contribution in [-0.2, 0) is 22.7 Å². The van der Waals surface area contributed by atoms with E-state index < -0.39 is 5.41 Å². The molecule has 0 atom stereocenters. The monoisotopic (exact) mass is 478 g/mol.